The zero-order valence-electron chi connectivity index (χ0n) is 19.7. The molecule has 180 valence electrons. The van der Waals surface area contributed by atoms with E-state index in [0.29, 0.717) is 38.2 Å². The number of carbonyl (C=O) groups is 2. The third kappa shape index (κ3) is 5.00. The highest BCUT2D eigenvalue weighted by Crippen LogP contribution is 2.29. The van der Waals surface area contributed by atoms with Gasteiger partial charge in [-0.15, -0.1) is 11.3 Å². The van der Waals surface area contributed by atoms with Crippen LogP contribution in [0.3, 0.4) is 0 Å². The minimum absolute atomic E-state index is 0.0153. The fourth-order valence-electron chi connectivity index (χ4n) is 4.67. The van der Waals surface area contributed by atoms with Crippen LogP contribution in [0, 0.1) is 11.7 Å². The molecule has 5 rings (SSSR count). The van der Waals surface area contributed by atoms with E-state index in [0.717, 1.165) is 27.9 Å². The summed E-state index contributed by atoms with van der Waals surface area (Å²) in [5.41, 5.74) is 4.62. The number of piperidine rings is 1. The van der Waals surface area contributed by atoms with Gasteiger partial charge in [0.2, 0.25) is 5.91 Å². The lowest BCUT2D eigenvalue weighted by atomic mass is 9.95. The van der Waals surface area contributed by atoms with Crippen molar-refractivity contribution in [1.82, 2.24) is 9.47 Å². The Bertz CT molecular complexity index is 1330. The number of rotatable bonds is 6. The number of aryl methyl sites for hydroxylation is 1. The molecular weight excluding hydrogens is 461 g/mol. The molecule has 2 amide bonds. The van der Waals surface area contributed by atoms with Gasteiger partial charge in [-0.2, -0.15) is 0 Å². The van der Waals surface area contributed by atoms with Crippen molar-refractivity contribution < 1.29 is 14.0 Å². The van der Waals surface area contributed by atoms with E-state index in [1.807, 2.05) is 51.2 Å². The largest absolute Gasteiger partial charge is 0.337 e. The Hall–Kier alpha value is -3.45. The molecule has 0 unspecified atom stereocenters. The average Bonchev–Trinajstić information content (AvgIpc) is 3.48. The fraction of sp³-hybridized carbons (Fsp3) is 0.286. The van der Waals surface area contributed by atoms with Crippen LogP contribution in [0.2, 0.25) is 0 Å². The Labute approximate surface area is 208 Å². The molecule has 0 radical (unpaired) electrons. The van der Waals surface area contributed by atoms with Gasteiger partial charge in [0.25, 0.3) is 5.91 Å². The second-order valence-electron chi connectivity index (χ2n) is 9.02. The normalized spacial score (nSPS) is 14.4. The summed E-state index contributed by atoms with van der Waals surface area (Å²) < 4.78 is 16.4. The van der Waals surface area contributed by atoms with E-state index in [9.17, 15) is 14.0 Å². The van der Waals surface area contributed by atoms with E-state index in [2.05, 4.69) is 12.2 Å². The Kier molecular flexibility index (Phi) is 6.68. The van der Waals surface area contributed by atoms with Gasteiger partial charge in [0.05, 0.1) is 10.2 Å². The molecule has 1 N–H and O–H groups in total. The van der Waals surface area contributed by atoms with Gasteiger partial charge in [-0.3, -0.25) is 9.59 Å². The standard InChI is InChI=1S/C28H28FN3O2S/c1-2-19-5-9-23(10-6-19)30-27(33)21-11-14-31(15-12-21)28(34)25-17-26-24(13-16-35-26)32(25)18-20-3-7-22(29)8-4-20/h3-10,13,16-17,21H,2,11-12,14-15,18H2,1H3,(H,30,33). The highest BCUT2D eigenvalue weighted by atomic mass is 32.1. The summed E-state index contributed by atoms with van der Waals surface area (Å²) in [5.74, 6) is -0.395. The molecule has 1 aliphatic heterocycles. The lowest BCUT2D eigenvalue weighted by Crippen LogP contribution is -2.42. The van der Waals surface area contributed by atoms with Crippen molar-refractivity contribution in [3.05, 3.63) is 88.7 Å². The number of nitrogens with one attached hydrogen (secondary N) is 1. The maximum Gasteiger partial charge on any atom is 0.270 e. The summed E-state index contributed by atoms with van der Waals surface area (Å²) in [4.78, 5) is 28.1. The van der Waals surface area contributed by atoms with Crippen LogP contribution >= 0.6 is 11.3 Å². The quantitative estimate of drug-likeness (QED) is 0.364. The summed E-state index contributed by atoms with van der Waals surface area (Å²) in [6.45, 7) is 3.69. The summed E-state index contributed by atoms with van der Waals surface area (Å²) in [7, 11) is 0. The molecule has 35 heavy (non-hydrogen) atoms. The fourth-order valence-corrected chi connectivity index (χ4v) is 5.49. The molecule has 1 fully saturated rings. The molecule has 4 aromatic rings. The molecule has 0 atom stereocenters. The van der Waals surface area contributed by atoms with Crippen LogP contribution in [0.15, 0.2) is 66.0 Å². The van der Waals surface area contributed by atoms with Crippen molar-refractivity contribution in [1.29, 1.82) is 0 Å². The van der Waals surface area contributed by atoms with Gasteiger partial charge in [0.1, 0.15) is 11.5 Å². The molecule has 2 aromatic carbocycles. The number of thiophene rings is 1. The van der Waals surface area contributed by atoms with Crippen LogP contribution in [0.4, 0.5) is 10.1 Å². The minimum Gasteiger partial charge on any atom is -0.337 e. The van der Waals surface area contributed by atoms with Crippen molar-refractivity contribution >= 4 is 39.1 Å². The topological polar surface area (TPSA) is 54.3 Å². The van der Waals surface area contributed by atoms with Crippen LogP contribution in [0.5, 0.6) is 0 Å². The van der Waals surface area contributed by atoms with Gasteiger partial charge < -0.3 is 14.8 Å². The van der Waals surface area contributed by atoms with Gasteiger partial charge in [-0.25, -0.2) is 4.39 Å². The first kappa shape index (κ1) is 23.3. The van der Waals surface area contributed by atoms with E-state index >= 15 is 0 Å². The minimum atomic E-state index is -0.275. The third-order valence-electron chi connectivity index (χ3n) is 6.78. The number of halogens is 1. The molecule has 2 aromatic heterocycles. The average molecular weight is 490 g/mol. The molecule has 0 bridgehead atoms. The molecule has 0 spiro atoms. The van der Waals surface area contributed by atoms with Crippen LogP contribution < -0.4 is 5.32 Å². The zero-order chi connectivity index (χ0) is 24.4. The molecule has 3 heterocycles. The predicted octanol–water partition coefficient (Wildman–Crippen LogP) is 5.94. The first-order valence-corrected chi connectivity index (χ1v) is 12.9. The van der Waals surface area contributed by atoms with E-state index in [1.54, 1.807) is 23.5 Å². The first-order chi connectivity index (χ1) is 17.0. The molecule has 5 nitrogen and oxygen atoms in total. The second-order valence-corrected chi connectivity index (χ2v) is 9.97. The molecular formula is C28H28FN3O2S. The summed E-state index contributed by atoms with van der Waals surface area (Å²) >= 11 is 1.60. The van der Waals surface area contributed by atoms with E-state index in [-0.39, 0.29) is 23.5 Å². The van der Waals surface area contributed by atoms with Crippen LogP contribution in [-0.4, -0.2) is 34.4 Å². The number of hydrogen-bond acceptors (Lipinski definition) is 3. The number of benzene rings is 2. The third-order valence-corrected chi connectivity index (χ3v) is 7.63. The number of nitrogens with zero attached hydrogens (tertiary/aromatic N) is 2. The number of fused-ring (bicyclic) bond motifs is 1. The Morgan fingerprint density at radius 3 is 2.37 bits per heavy atom. The van der Waals surface area contributed by atoms with Gasteiger partial charge in [-0.1, -0.05) is 31.2 Å². The van der Waals surface area contributed by atoms with Gasteiger partial charge in [0.15, 0.2) is 0 Å². The van der Waals surface area contributed by atoms with Crippen LogP contribution in [0.25, 0.3) is 10.2 Å². The van der Waals surface area contributed by atoms with E-state index in [1.165, 1.54) is 17.7 Å². The number of aromatic nitrogens is 1. The first-order valence-electron chi connectivity index (χ1n) is 12.0. The Balaban J connectivity index is 1.26. The van der Waals surface area contributed by atoms with Crippen LogP contribution in [0.1, 0.15) is 41.4 Å². The number of carbonyl (C=O) groups excluding carboxylic acids is 2. The Morgan fingerprint density at radius 2 is 1.69 bits per heavy atom. The molecule has 1 aliphatic rings. The van der Waals surface area contributed by atoms with Gasteiger partial charge in [-0.05, 0) is 72.2 Å². The Morgan fingerprint density at radius 1 is 1.00 bits per heavy atom. The maximum absolute atomic E-state index is 13.5. The number of likely N-dealkylation sites (tertiary alicyclic amines) is 1. The molecule has 0 aliphatic carbocycles. The number of amides is 2. The lowest BCUT2D eigenvalue weighted by molar-refractivity contribution is -0.121. The summed E-state index contributed by atoms with van der Waals surface area (Å²) in [6, 6.07) is 18.3. The monoisotopic (exact) mass is 489 g/mol. The summed E-state index contributed by atoms with van der Waals surface area (Å²) in [5, 5.41) is 5.04. The lowest BCUT2D eigenvalue weighted by Gasteiger charge is -2.31. The van der Waals surface area contributed by atoms with Crippen molar-refractivity contribution in [3.63, 3.8) is 0 Å². The smallest absolute Gasteiger partial charge is 0.270 e. The van der Waals surface area contributed by atoms with Crippen molar-refractivity contribution in [2.45, 2.75) is 32.7 Å². The zero-order valence-corrected chi connectivity index (χ0v) is 20.5. The molecule has 7 heteroatoms. The van der Waals surface area contributed by atoms with Crippen LogP contribution in [-0.2, 0) is 17.8 Å². The van der Waals surface area contributed by atoms with Gasteiger partial charge in [0, 0.05) is 31.2 Å². The van der Waals surface area contributed by atoms with E-state index in [4.69, 9.17) is 0 Å². The molecule has 0 saturated carbocycles. The van der Waals surface area contributed by atoms with Crippen molar-refractivity contribution in [2.75, 3.05) is 18.4 Å². The SMILES string of the molecule is CCc1ccc(NC(=O)C2CCN(C(=O)c3cc4sccc4n3Cc3ccc(F)cc3)CC2)cc1. The second kappa shape index (κ2) is 10.0. The predicted molar refractivity (Wildman–Crippen MR) is 138 cm³/mol. The van der Waals surface area contributed by atoms with E-state index < -0.39 is 0 Å². The van der Waals surface area contributed by atoms with Crippen molar-refractivity contribution in [3.8, 4) is 0 Å². The number of anilines is 1. The summed E-state index contributed by atoms with van der Waals surface area (Å²) in [6.07, 6.45) is 2.24. The van der Waals surface area contributed by atoms with Crippen molar-refractivity contribution in [2.24, 2.45) is 5.92 Å². The number of hydrogen-bond donors (Lipinski definition) is 1. The van der Waals surface area contributed by atoms with Gasteiger partial charge >= 0.3 is 0 Å². The highest BCUT2D eigenvalue weighted by Gasteiger charge is 2.29. The highest BCUT2D eigenvalue weighted by molar-refractivity contribution is 7.17. The maximum atomic E-state index is 13.5. The molecule has 1 saturated heterocycles.